The van der Waals surface area contributed by atoms with Crippen LogP contribution in [0.3, 0.4) is 0 Å². The van der Waals surface area contributed by atoms with Crippen molar-refractivity contribution in [3.05, 3.63) is 30.1 Å². The number of imidazole rings is 1. The van der Waals surface area contributed by atoms with Crippen LogP contribution in [0.2, 0.25) is 0 Å². The molecule has 0 aliphatic heterocycles. The zero-order chi connectivity index (χ0) is 13.9. The van der Waals surface area contributed by atoms with Gasteiger partial charge in [-0.2, -0.15) is 0 Å². The molecule has 3 heteroatoms. The predicted molar refractivity (Wildman–Crippen MR) is 84.1 cm³/mol. The number of benzene rings is 1. The van der Waals surface area contributed by atoms with Gasteiger partial charge in [-0.1, -0.05) is 26.0 Å². The van der Waals surface area contributed by atoms with Crippen molar-refractivity contribution in [1.29, 1.82) is 0 Å². The molecule has 20 heavy (non-hydrogen) atoms. The van der Waals surface area contributed by atoms with Crippen molar-refractivity contribution >= 4 is 11.0 Å². The third kappa shape index (κ3) is 2.35. The molecule has 1 fully saturated rings. The van der Waals surface area contributed by atoms with Gasteiger partial charge in [0.05, 0.1) is 17.1 Å². The quantitative estimate of drug-likeness (QED) is 0.898. The minimum atomic E-state index is 0.573. The molecule has 2 unspecified atom stereocenters. The minimum absolute atomic E-state index is 0.573. The Labute approximate surface area is 121 Å². The van der Waals surface area contributed by atoms with Gasteiger partial charge in [-0.15, -0.1) is 0 Å². The number of rotatable bonds is 5. The lowest BCUT2D eigenvalue weighted by molar-refractivity contribution is 0.397. The third-order valence-electron chi connectivity index (χ3n) is 4.42. The molecule has 3 rings (SSSR count). The molecular weight excluding hydrogens is 246 g/mol. The molecule has 1 heterocycles. The molecule has 0 spiro atoms. The number of nitrogens with zero attached hydrogens (tertiary/aromatic N) is 2. The molecular formula is C17H25N3. The highest BCUT2D eigenvalue weighted by Gasteiger charge is 2.30. The Kier molecular flexibility index (Phi) is 4.06. The lowest BCUT2D eigenvalue weighted by atomic mass is 10.1. The zero-order valence-electron chi connectivity index (χ0n) is 12.6. The number of aryl methyl sites for hydroxylation is 1. The summed E-state index contributed by atoms with van der Waals surface area (Å²) in [7, 11) is 0. The fraction of sp³-hybridized carbons (Fsp3) is 0.588. The van der Waals surface area contributed by atoms with Crippen LogP contribution in [0.15, 0.2) is 24.3 Å². The van der Waals surface area contributed by atoms with E-state index in [0.29, 0.717) is 12.1 Å². The highest BCUT2D eigenvalue weighted by Crippen LogP contribution is 2.34. The summed E-state index contributed by atoms with van der Waals surface area (Å²) in [6, 6.07) is 9.77. The molecule has 0 bridgehead atoms. The molecule has 2 aromatic rings. The summed E-state index contributed by atoms with van der Waals surface area (Å²) in [6.07, 6.45) is 6.11. The van der Waals surface area contributed by atoms with Gasteiger partial charge >= 0.3 is 0 Å². The second-order valence-electron chi connectivity index (χ2n) is 5.80. The number of aromatic nitrogens is 2. The summed E-state index contributed by atoms with van der Waals surface area (Å²) in [5, 5.41) is 3.67. The average Bonchev–Trinajstić information content (AvgIpc) is 3.03. The van der Waals surface area contributed by atoms with Crippen molar-refractivity contribution in [1.82, 2.24) is 14.9 Å². The topological polar surface area (TPSA) is 29.9 Å². The van der Waals surface area contributed by atoms with Crippen LogP contribution in [0.25, 0.3) is 11.0 Å². The van der Waals surface area contributed by atoms with Gasteiger partial charge < -0.3 is 9.88 Å². The highest BCUT2D eigenvalue weighted by molar-refractivity contribution is 5.76. The third-order valence-corrected chi connectivity index (χ3v) is 4.42. The summed E-state index contributed by atoms with van der Waals surface area (Å²) < 4.78 is 2.53. The summed E-state index contributed by atoms with van der Waals surface area (Å²) >= 11 is 0. The van der Waals surface area contributed by atoms with E-state index in [1.165, 1.54) is 30.6 Å². The van der Waals surface area contributed by atoms with E-state index in [4.69, 9.17) is 4.98 Å². The van der Waals surface area contributed by atoms with E-state index in [1.807, 2.05) is 0 Å². The first-order valence-corrected chi connectivity index (χ1v) is 8.04. The Morgan fingerprint density at radius 3 is 2.90 bits per heavy atom. The highest BCUT2D eigenvalue weighted by atomic mass is 15.1. The summed E-state index contributed by atoms with van der Waals surface area (Å²) in [6.45, 7) is 5.49. The van der Waals surface area contributed by atoms with Crippen molar-refractivity contribution in [2.24, 2.45) is 0 Å². The van der Waals surface area contributed by atoms with Crippen LogP contribution in [-0.2, 0) is 6.42 Å². The summed E-state index contributed by atoms with van der Waals surface area (Å²) in [5.41, 5.74) is 2.46. The molecule has 108 valence electrons. The number of likely N-dealkylation sites (N-methyl/N-ethyl adjacent to an activating group) is 1. The molecule has 1 aliphatic carbocycles. The molecule has 2 atom stereocenters. The van der Waals surface area contributed by atoms with Crippen LogP contribution in [0.1, 0.15) is 51.4 Å². The molecule has 1 aromatic carbocycles. The van der Waals surface area contributed by atoms with Gasteiger partial charge in [-0.25, -0.2) is 4.98 Å². The lowest BCUT2D eigenvalue weighted by Crippen LogP contribution is -2.34. The monoisotopic (exact) mass is 271 g/mol. The normalized spacial score (nSPS) is 22.7. The van der Waals surface area contributed by atoms with Crippen LogP contribution < -0.4 is 5.32 Å². The molecule has 0 amide bonds. The maximum atomic E-state index is 4.88. The van der Waals surface area contributed by atoms with Gasteiger partial charge in [0.25, 0.3) is 0 Å². The standard InChI is InChI=1S/C17H25N3/c1-3-8-17-19-14-9-5-6-11-16(14)20(17)15-12-7-10-13(15)18-4-2/h5-6,9,11,13,15,18H,3-4,7-8,10,12H2,1-2H3. The number of nitrogens with one attached hydrogen (secondary N) is 1. The Morgan fingerprint density at radius 2 is 2.10 bits per heavy atom. The molecule has 1 N–H and O–H groups in total. The van der Waals surface area contributed by atoms with Gasteiger partial charge in [0.1, 0.15) is 5.82 Å². The maximum Gasteiger partial charge on any atom is 0.110 e. The predicted octanol–water partition coefficient (Wildman–Crippen LogP) is 3.69. The Bertz CT molecular complexity index is 573. The van der Waals surface area contributed by atoms with Crippen molar-refractivity contribution in [2.45, 2.75) is 58.0 Å². The Hall–Kier alpha value is -1.35. The molecule has 1 aliphatic rings. The number of para-hydroxylation sites is 2. The SMILES string of the molecule is CCCc1nc2ccccc2n1C1CCCC1NCC. The molecule has 0 saturated heterocycles. The number of hydrogen-bond donors (Lipinski definition) is 1. The van der Waals surface area contributed by atoms with E-state index >= 15 is 0 Å². The van der Waals surface area contributed by atoms with Gasteiger partial charge in [0, 0.05) is 12.5 Å². The first-order chi connectivity index (χ1) is 9.85. The molecule has 0 radical (unpaired) electrons. The van der Waals surface area contributed by atoms with Crippen LogP contribution >= 0.6 is 0 Å². The van der Waals surface area contributed by atoms with Gasteiger partial charge in [0.2, 0.25) is 0 Å². The fourth-order valence-corrected chi connectivity index (χ4v) is 3.61. The van der Waals surface area contributed by atoms with Gasteiger partial charge in [-0.3, -0.25) is 0 Å². The van der Waals surface area contributed by atoms with E-state index in [0.717, 1.165) is 24.9 Å². The molecule has 1 aromatic heterocycles. The van der Waals surface area contributed by atoms with Crippen LogP contribution in [0.5, 0.6) is 0 Å². The van der Waals surface area contributed by atoms with E-state index in [9.17, 15) is 0 Å². The number of hydrogen-bond acceptors (Lipinski definition) is 2. The smallest absolute Gasteiger partial charge is 0.110 e. The second-order valence-corrected chi connectivity index (χ2v) is 5.80. The van der Waals surface area contributed by atoms with Gasteiger partial charge in [0.15, 0.2) is 0 Å². The molecule has 1 saturated carbocycles. The Morgan fingerprint density at radius 1 is 1.25 bits per heavy atom. The van der Waals surface area contributed by atoms with E-state index < -0.39 is 0 Å². The van der Waals surface area contributed by atoms with Crippen molar-refractivity contribution in [3.63, 3.8) is 0 Å². The largest absolute Gasteiger partial charge is 0.323 e. The molecule has 3 nitrogen and oxygen atoms in total. The van der Waals surface area contributed by atoms with Crippen molar-refractivity contribution < 1.29 is 0 Å². The zero-order valence-corrected chi connectivity index (χ0v) is 12.6. The second kappa shape index (κ2) is 5.96. The minimum Gasteiger partial charge on any atom is -0.323 e. The van der Waals surface area contributed by atoms with Crippen molar-refractivity contribution in [3.8, 4) is 0 Å². The van der Waals surface area contributed by atoms with Crippen molar-refractivity contribution in [2.75, 3.05) is 6.54 Å². The van der Waals surface area contributed by atoms with Crippen LogP contribution in [0, 0.1) is 0 Å². The van der Waals surface area contributed by atoms with Crippen LogP contribution in [-0.4, -0.2) is 22.1 Å². The maximum absolute atomic E-state index is 4.88. The lowest BCUT2D eigenvalue weighted by Gasteiger charge is -2.24. The average molecular weight is 271 g/mol. The van der Waals surface area contributed by atoms with E-state index in [1.54, 1.807) is 0 Å². The van der Waals surface area contributed by atoms with Gasteiger partial charge in [-0.05, 0) is 44.4 Å². The summed E-state index contributed by atoms with van der Waals surface area (Å²) in [5.74, 6) is 1.27. The first-order valence-electron chi connectivity index (χ1n) is 8.04. The Balaban J connectivity index is 2.05. The fourth-order valence-electron chi connectivity index (χ4n) is 3.61. The van der Waals surface area contributed by atoms with E-state index in [-0.39, 0.29) is 0 Å². The first kappa shape index (κ1) is 13.6. The van der Waals surface area contributed by atoms with E-state index in [2.05, 4.69) is 48.0 Å². The van der Waals surface area contributed by atoms with Crippen LogP contribution in [0.4, 0.5) is 0 Å². The summed E-state index contributed by atoms with van der Waals surface area (Å²) in [4.78, 5) is 4.88. The number of fused-ring (bicyclic) bond motifs is 1.